The minimum absolute atomic E-state index is 0.0688. The van der Waals surface area contributed by atoms with Crippen LogP contribution in [0.3, 0.4) is 0 Å². The average molecular weight is 302 g/mol. The standard InChI is InChI=1S/C16H22N4O2/c1-11-5-6-14(21)13(19-11)10-18-12-4-3-9-22-15(12)16-17-7-8-20(16)2/h5-8,12,15,18,21H,3-4,9-10H2,1-2H3/t12-,15-/m0/s1. The number of hydrogen-bond acceptors (Lipinski definition) is 5. The van der Waals surface area contributed by atoms with Crippen LogP contribution < -0.4 is 5.32 Å². The van der Waals surface area contributed by atoms with E-state index in [1.165, 1.54) is 0 Å². The normalized spacial score (nSPS) is 21.9. The van der Waals surface area contributed by atoms with Gasteiger partial charge in [0.1, 0.15) is 17.7 Å². The largest absolute Gasteiger partial charge is 0.506 e. The number of aromatic nitrogens is 3. The molecule has 0 amide bonds. The van der Waals surface area contributed by atoms with Gasteiger partial charge >= 0.3 is 0 Å². The molecule has 0 aromatic carbocycles. The summed E-state index contributed by atoms with van der Waals surface area (Å²) in [6.07, 6.45) is 5.69. The lowest BCUT2D eigenvalue weighted by Gasteiger charge is -2.32. The van der Waals surface area contributed by atoms with Gasteiger partial charge in [-0.25, -0.2) is 4.98 Å². The molecule has 6 heteroatoms. The highest BCUT2D eigenvalue weighted by atomic mass is 16.5. The summed E-state index contributed by atoms with van der Waals surface area (Å²) in [5.41, 5.74) is 1.57. The number of hydrogen-bond donors (Lipinski definition) is 2. The Hall–Kier alpha value is -1.92. The Morgan fingerprint density at radius 2 is 2.32 bits per heavy atom. The summed E-state index contributed by atoms with van der Waals surface area (Å²) in [5, 5.41) is 13.4. The molecule has 0 aliphatic carbocycles. The van der Waals surface area contributed by atoms with Gasteiger partial charge in [0.15, 0.2) is 0 Å². The zero-order valence-electron chi connectivity index (χ0n) is 13.0. The third kappa shape index (κ3) is 3.13. The Morgan fingerprint density at radius 1 is 1.45 bits per heavy atom. The Morgan fingerprint density at radius 3 is 3.09 bits per heavy atom. The van der Waals surface area contributed by atoms with Crippen molar-refractivity contribution >= 4 is 0 Å². The van der Waals surface area contributed by atoms with E-state index in [4.69, 9.17) is 4.74 Å². The third-order valence-corrected chi connectivity index (χ3v) is 4.06. The summed E-state index contributed by atoms with van der Waals surface area (Å²) in [6, 6.07) is 3.66. The molecule has 1 aliphatic rings. The van der Waals surface area contributed by atoms with Crippen LogP contribution in [0.2, 0.25) is 0 Å². The van der Waals surface area contributed by atoms with Crippen LogP contribution in [0.5, 0.6) is 5.75 Å². The number of rotatable bonds is 4. The van der Waals surface area contributed by atoms with Crippen molar-refractivity contribution in [3.05, 3.63) is 41.7 Å². The van der Waals surface area contributed by atoms with Crippen molar-refractivity contribution < 1.29 is 9.84 Å². The smallest absolute Gasteiger partial charge is 0.139 e. The molecule has 0 saturated carbocycles. The van der Waals surface area contributed by atoms with E-state index in [-0.39, 0.29) is 17.9 Å². The van der Waals surface area contributed by atoms with Crippen molar-refractivity contribution in [2.24, 2.45) is 7.05 Å². The van der Waals surface area contributed by atoms with E-state index in [2.05, 4.69) is 15.3 Å². The van der Waals surface area contributed by atoms with E-state index in [0.717, 1.165) is 31.0 Å². The summed E-state index contributed by atoms with van der Waals surface area (Å²) >= 11 is 0. The molecular formula is C16H22N4O2. The zero-order chi connectivity index (χ0) is 15.5. The first-order valence-corrected chi connectivity index (χ1v) is 7.63. The van der Waals surface area contributed by atoms with Gasteiger partial charge in [-0.1, -0.05) is 0 Å². The topological polar surface area (TPSA) is 72.2 Å². The van der Waals surface area contributed by atoms with Crippen LogP contribution in [0.15, 0.2) is 24.5 Å². The monoisotopic (exact) mass is 302 g/mol. The molecular weight excluding hydrogens is 280 g/mol. The molecule has 2 aromatic heterocycles. The van der Waals surface area contributed by atoms with Crippen LogP contribution in [0, 0.1) is 6.92 Å². The fourth-order valence-electron chi connectivity index (χ4n) is 2.86. The predicted octanol–water partition coefficient (Wildman–Crippen LogP) is 1.84. The first-order chi connectivity index (χ1) is 10.6. The van der Waals surface area contributed by atoms with Gasteiger partial charge in [0.25, 0.3) is 0 Å². The SMILES string of the molecule is Cc1ccc(O)c(CN[C@H]2CCCO[C@@H]2c2nccn2C)n1. The van der Waals surface area contributed by atoms with Crippen molar-refractivity contribution in [1.29, 1.82) is 0 Å². The van der Waals surface area contributed by atoms with E-state index >= 15 is 0 Å². The lowest BCUT2D eigenvalue weighted by molar-refractivity contribution is -0.0179. The molecule has 1 saturated heterocycles. The number of aromatic hydroxyl groups is 1. The van der Waals surface area contributed by atoms with Crippen molar-refractivity contribution in [3.63, 3.8) is 0 Å². The molecule has 1 aliphatic heterocycles. The molecule has 0 unspecified atom stereocenters. The van der Waals surface area contributed by atoms with Gasteiger partial charge in [-0.05, 0) is 31.9 Å². The fraction of sp³-hybridized carbons (Fsp3) is 0.500. The van der Waals surface area contributed by atoms with Crippen molar-refractivity contribution in [2.45, 2.75) is 38.5 Å². The maximum absolute atomic E-state index is 9.91. The molecule has 0 spiro atoms. The number of pyridine rings is 1. The molecule has 0 bridgehead atoms. The van der Waals surface area contributed by atoms with Crippen LogP contribution in [0.25, 0.3) is 0 Å². The van der Waals surface area contributed by atoms with Gasteiger partial charge in [0, 0.05) is 44.3 Å². The van der Waals surface area contributed by atoms with Crippen LogP contribution >= 0.6 is 0 Å². The summed E-state index contributed by atoms with van der Waals surface area (Å²) in [5.74, 6) is 1.15. The number of imidazole rings is 1. The van der Waals surface area contributed by atoms with E-state index < -0.39 is 0 Å². The first-order valence-electron chi connectivity index (χ1n) is 7.63. The average Bonchev–Trinajstić information content (AvgIpc) is 2.94. The van der Waals surface area contributed by atoms with Crippen LogP contribution in [-0.2, 0) is 18.3 Å². The molecule has 2 atom stereocenters. The van der Waals surface area contributed by atoms with E-state index in [1.54, 1.807) is 18.3 Å². The summed E-state index contributed by atoms with van der Waals surface area (Å²) in [7, 11) is 1.98. The second-order valence-electron chi connectivity index (χ2n) is 5.74. The van der Waals surface area contributed by atoms with Gasteiger partial charge in [-0.3, -0.25) is 4.98 Å². The van der Waals surface area contributed by atoms with Gasteiger partial charge in [-0.2, -0.15) is 0 Å². The Balaban J connectivity index is 1.72. The quantitative estimate of drug-likeness (QED) is 0.901. The predicted molar refractivity (Wildman–Crippen MR) is 82.4 cm³/mol. The fourth-order valence-corrected chi connectivity index (χ4v) is 2.86. The molecule has 0 radical (unpaired) electrons. The van der Waals surface area contributed by atoms with E-state index in [9.17, 15) is 5.11 Å². The maximum atomic E-state index is 9.91. The van der Waals surface area contributed by atoms with Crippen molar-refractivity contribution in [1.82, 2.24) is 19.9 Å². The van der Waals surface area contributed by atoms with Crippen molar-refractivity contribution in [2.75, 3.05) is 6.61 Å². The van der Waals surface area contributed by atoms with Crippen LogP contribution in [0.1, 0.15) is 36.2 Å². The highest BCUT2D eigenvalue weighted by Crippen LogP contribution is 2.27. The van der Waals surface area contributed by atoms with Gasteiger partial charge in [0.2, 0.25) is 0 Å². The molecule has 1 fully saturated rings. The highest BCUT2D eigenvalue weighted by molar-refractivity contribution is 5.27. The summed E-state index contributed by atoms with van der Waals surface area (Å²) in [4.78, 5) is 8.80. The van der Waals surface area contributed by atoms with Crippen molar-refractivity contribution in [3.8, 4) is 5.75 Å². The summed E-state index contributed by atoms with van der Waals surface area (Å²) in [6.45, 7) is 3.19. The number of nitrogens with zero attached hydrogens (tertiary/aromatic N) is 3. The maximum Gasteiger partial charge on any atom is 0.139 e. The number of aryl methyl sites for hydroxylation is 2. The third-order valence-electron chi connectivity index (χ3n) is 4.06. The molecule has 6 nitrogen and oxygen atoms in total. The second kappa shape index (κ2) is 6.46. The Labute approximate surface area is 130 Å². The second-order valence-corrected chi connectivity index (χ2v) is 5.74. The van der Waals surface area contributed by atoms with Gasteiger partial charge in [0.05, 0.1) is 5.69 Å². The number of nitrogens with one attached hydrogen (secondary N) is 1. The minimum Gasteiger partial charge on any atom is -0.506 e. The van der Waals surface area contributed by atoms with E-state index in [1.807, 2.05) is 24.7 Å². The molecule has 3 rings (SSSR count). The lowest BCUT2D eigenvalue weighted by atomic mass is 10.0. The molecule has 22 heavy (non-hydrogen) atoms. The van der Waals surface area contributed by atoms with Crippen LogP contribution in [0.4, 0.5) is 0 Å². The van der Waals surface area contributed by atoms with Gasteiger partial charge in [-0.15, -0.1) is 0 Å². The number of ether oxygens (including phenoxy) is 1. The highest BCUT2D eigenvalue weighted by Gasteiger charge is 2.30. The molecule has 3 heterocycles. The lowest BCUT2D eigenvalue weighted by Crippen LogP contribution is -2.40. The molecule has 2 N–H and O–H groups in total. The molecule has 118 valence electrons. The Bertz CT molecular complexity index is 641. The molecule has 2 aromatic rings. The van der Waals surface area contributed by atoms with Gasteiger partial charge < -0.3 is 19.7 Å². The summed E-state index contributed by atoms with van der Waals surface area (Å²) < 4.78 is 7.92. The Kier molecular flexibility index (Phi) is 4.40. The van der Waals surface area contributed by atoms with E-state index in [0.29, 0.717) is 12.2 Å². The van der Waals surface area contributed by atoms with Crippen LogP contribution in [-0.4, -0.2) is 32.3 Å². The minimum atomic E-state index is -0.0688. The first kappa shape index (κ1) is 15.0. The zero-order valence-corrected chi connectivity index (χ0v) is 13.0.